The van der Waals surface area contributed by atoms with Crippen LogP contribution in [0.15, 0.2) is 66.7 Å². The zero-order valence-electron chi connectivity index (χ0n) is 18.1. The van der Waals surface area contributed by atoms with Gasteiger partial charge in [-0.1, -0.05) is 35.3 Å². The maximum absolute atomic E-state index is 14.9. The summed E-state index contributed by atoms with van der Waals surface area (Å²) >= 11 is 12.0. The monoisotopic (exact) mass is 520 g/mol. The molecule has 1 aliphatic heterocycles. The van der Waals surface area contributed by atoms with Crippen molar-refractivity contribution in [2.45, 2.75) is 17.9 Å². The number of alkyl halides is 2. The minimum atomic E-state index is -3.72. The summed E-state index contributed by atoms with van der Waals surface area (Å²) in [4.78, 5) is 26.9. The number of carbonyl (C=O) groups is 2. The molecule has 0 aromatic heterocycles. The van der Waals surface area contributed by atoms with Crippen molar-refractivity contribution in [3.05, 3.63) is 93.5 Å². The Kier molecular flexibility index (Phi) is 6.83. The van der Waals surface area contributed by atoms with E-state index in [1.165, 1.54) is 36.4 Å². The number of carbonyl (C=O) groups excluding carboxylic acids is 2. The molecule has 0 spiro atoms. The Morgan fingerprint density at radius 2 is 1.71 bits per heavy atom. The van der Waals surface area contributed by atoms with Gasteiger partial charge in [0.25, 0.3) is 17.7 Å². The van der Waals surface area contributed by atoms with Crippen molar-refractivity contribution in [1.82, 2.24) is 0 Å². The zero-order chi connectivity index (χ0) is 25.4. The summed E-state index contributed by atoms with van der Waals surface area (Å²) in [6, 6.07) is 16.3. The van der Waals surface area contributed by atoms with E-state index in [-0.39, 0.29) is 32.4 Å². The summed E-state index contributed by atoms with van der Waals surface area (Å²) in [5.41, 5.74) is -2.38. The fraction of sp³-hybridized carbons (Fsp3) is 0.200. The maximum Gasteiger partial charge on any atom is 0.284 e. The number of fused-ring (bicyclic) bond motifs is 1. The van der Waals surface area contributed by atoms with Crippen LogP contribution >= 0.6 is 23.2 Å². The largest absolute Gasteiger partial charge is 0.393 e. The molecule has 0 unspecified atom stereocenters. The summed E-state index contributed by atoms with van der Waals surface area (Å²) in [5, 5.41) is 23.4. The van der Waals surface area contributed by atoms with Gasteiger partial charge in [0, 0.05) is 34.8 Å². The van der Waals surface area contributed by atoms with Crippen LogP contribution in [0.5, 0.6) is 0 Å². The van der Waals surface area contributed by atoms with E-state index in [0.29, 0.717) is 5.69 Å². The van der Waals surface area contributed by atoms with Crippen molar-refractivity contribution in [2.24, 2.45) is 0 Å². The quantitative estimate of drug-likeness (QED) is 0.445. The van der Waals surface area contributed by atoms with Crippen LogP contribution in [0.4, 0.5) is 20.2 Å². The van der Waals surface area contributed by atoms with Crippen molar-refractivity contribution in [3.63, 3.8) is 0 Å². The molecule has 3 aromatic carbocycles. The second-order valence-corrected chi connectivity index (χ2v) is 8.95. The first kappa shape index (κ1) is 25.1. The third-order valence-electron chi connectivity index (χ3n) is 5.93. The van der Waals surface area contributed by atoms with Gasteiger partial charge in [-0.3, -0.25) is 9.59 Å². The van der Waals surface area contributed by atoms with Crippen molar-refractivity contribution < 1.29 is 28.6 Å². The standard InChI is InChI=1S/C25H20Cl2F2N2O4/c26-16-7-10-21-19(13-16)24(35,14-32)25(28,29)11-12-31(21)23(34)15-5-8-17(9-6-15)30-22(33)18-3-1-2-4-20(18)27/h1-10,13,32,35H,11-12,14H2,(H,30,33)/t24-/m0/s1. The Morgan fingerprint density at radius 1 is 1.03 bits per heavy atom. The molecule has 10 heteroatoms. The Labute approximate surface area is 209 Å². The molecule has 1 heterocycles. The van der Waals surface area contributed by atoms with Gasteiger partial charge in [0.15, 0.2) is 5.60 Å². The van der Waals surface area contributed by atoms with E-state index in [0.717, 1.165) is 11.0 Å². The Morgan fingerprint density at radius 3 is 2.37 bits per heavy atom. The summed E-state index contributed by atoms with van der Waals surface area (Å²) in [7, 11) is 0. The molecular formula is C25H20Cl2F2N2O4. The normalized spacial score (nSPS) is 19.0. The number of aliphatic hydroxyl groups excluding tert-OH is 1. The lowest BCUT2D eigenvalue weighted by Crippen LogP contribution is -2.48. The summed E-state index contributed by atoms with van der Waals surface area (Å²) in [6.07, 6.45) is -0.881. The number of amides is 2. The number of rotatable bonds is 4. The molecule has 4 rings (SSSR count). The minimum Gasteiger partial charge on any atom is -0.393 e. The lowest BCUT2D eigenvalue weighted by molar-refractivity contribution is -0.205. The topological polar surface area (TPSA) is 89.9 Å². The van der Waals surface area contributed by atoms with Gasteiger partial charge in [-0.2, -0.15) is 0 Å². The molecule has 0 fully saturated rings. The predicted octanol–water partition coefficient (Wildman–Crippen LogP) is 5.11. The van der Waals surface area contributed by atoms with Crippen LogP contribution in [0.1, 0.15) is 32.7 Å². The lowest BCUT2D eigenvalue weighted by atomic mass is 9.86. The number of nitrogens with zero attached hydrogens (tertiary/aromatic N) is 1. The van der Waals surface area contributed by atoms with Crippen LogP contribution in [0.3, 0.4) is 0 Å². The average molecular weight is 521 g/mol. The second-order valence-electron chi connectivity index (χ2n) is 8.10. The maximum atomic E-state index is 14.9. The minimum absolute atomic E-state index is 0.0178. The van der Waals surface area contributed by atoms with E-state index in [9.17, 15) is 28.6 Å². The van der Waals surface area contributed by atoms with Gasteiger partial charge < -0.3 is 20.4 Å². The Bertz CT molecular complexity index is 1290. The number of anilines is 2. The molecule has 0 radical (unpaired) electrons. The van der Waals surface area contributed by atoms with Crippen LogP contribution < -0.4 is 10.2 Å². The van der Waals surface area contributed by atoms with E-state index in [1.54, 1.807) is 24.3 Å². The fourth-order valence-electron chi connectivity index (χ4n) is 3.96. The average Bonchev–Trinajstić information content (AvgIpc) is 2.92. The van der Waals surface area contributed by atoms with Gasteiger partial charge in [0.1, 0.15) is 0 Å². The molecule has 3 aromatic rings. The molecule has 182 valence electrons. The summed E-state index contributed by atoms with van der Waals surface area (Å²) in [6.45, 7) is -1.66. The van der Waals surface area contributed by atoms with Gasteiger partial charge in [-0.05, 0) is 54.6 Å². The predicted molar refractivity (Wildman–Crippen MR) is 130 cm³/mol. The molecule has 35 heavy (non-hydrogen) atoms. The van der Waals surface area contributed by atoms with Crippen LogP contribution in [-0.4, -0.2) is 41.1 Å². The number of hydrogen-bond acceptors (Lipinski definition) is 4. The molecule has 3 N–H and O–H groups in total. The van der Waals surface area contributed by atoms with Crippen molar-refractivity contribution in [2.75, 3.05) is 23.4 Å². The Hall–Kier alpha value is -3.04. The van der Waals surface area contributed by atoms with Gasteiger partial charge in [0.2, 0.25) is 0 Å². The first-order chi connectivity index (χ1) is 16.6. The lowest BCUT2D eigenvalue weighted by Gasteiger charge is -2.33. The van der Waals surface area contributed by atoms with Gasteiger partial charge >= 0.3 is 0 Å². The third-order valence-corrected chi connectivity index (χ3v) is 6.50. The Balaban J connectivity index is 1.62. The number of benzene rings is 3. The summed E-state index contributed by atoms with van der Waals surface area (Å²) in [5.74, 6) is -4.75. The van der Waals surface area contributed by atoms with Gasteiger partial charge in [-0.15, -0.1) is 0 Å². The van der Waals surface area contributed by atoms with Crippen LogP contribution in [-0.2, 0) is 5.60 Å². The number of hydrogen-bond donors (Lipinski definition) is 3. The highest BCUT2D eigenvalue weighted by Gasteiger charge is 2.56. The van der Waals surface area contributed by atoms with E-state index in [1.807, 2.05) is 0 Å². The molecule has 0 bridgehead atoms. The van der Waals surface area contributed by atoms with Crippen molar-refractivity contribution in [3.8, 4) is 0 Å². The number of nitrogens with one attached hydrogen (secondary N) is 1. The highest BCUT2D eigenvalue weighted by molar-refractivity contribution is 6.34. The van der Waals surface area contributed by atoms with Crippen molar-refractivity contribution >= 4 is 46.4 Å². The number of halogens is 4. The molecule has 1 aliphatic rings. The molecule has 1 atom stereocenters. The molecule has 0 aliphatic carbocycles. The molecule has 0 saturated heterocycles. The highest BCUT2D eigenvalue weighted by Crippen LogP contribution is 2.47. The molecule has 0 saturated carbocycles. The van der Waals surface area contributed by atoms with Crippen molar-refractivity contribution in [1.29, 1.82) is 0 Å². The van der Waals surface area contributed by atoms with E-state index in [4.69, 9.17) is 23.2 Å². The van der Waals surface area contributed by atoms with E-state index in [2.05, 4.69) is 5.32 Å². The first-order valence-electron chi connectivity index (χ1n) is 10.6. The smallest absolute Gasteiger partial charge is 0.284 e. The van der Waals surface area contributed by atoms with Crippen LogP contribution in [0.25, 0.3) is 0 Å². The van der Waals surface area contributed by atoms with E-state index >= 15 is 0 Å². The van der Waals surface area contributed by atoms with Gasteiger partial charge in [0.05, 0.1) is 22.9 Å². The summed E-state index contributed by atoms with van der Waals surface area (Å²) < 4.78 is 29.7. The van der Waals surface area contributed by atoms with Gasteiger partial charge in [-0.25, -0.2) is 8.78 Å². The highest BCUT2D eigenvalue weighted by atomic mass is 35.5. The van der Waals surface area contributed by atoms with Crippen LogP contribution in [0, 0.1) is 0 Å². The third kappa shape index (κ3) is 4.62. The molecule has 6 nitrogen and oxygen atoms in total. The van der Waals surface area contributed by atoms with Crippen LogP contribution in [0.2, 0.25) is 10.0 Å². The zero-order valence-corrected chi connectivity index (χ0v) is 19.7. The molecular weight excluding hydrogens is 501 g/mol. The molecule has 2 amide bonds. The second kappa shape index (κ2) is 9.54. The van der Waals surface area contributed by atoms with E-state index < -0.39 is 42.9 Å². The first-order valence-corrected chi connectivity index (χ1v) is 11.3. The number of aliphatic hydroxyl groups is 2. The SMILES string of the molecule is O=C(Nc1ccc(C(=O)N2CCC(F)(F)[C@](O)(CO)c3cc(Cl)ccc32)cc1)c1ccccc1Cl. The fourth-order valence-corrected chi connectivity index (χ4v) is 4.35.